The molecule has 0 saturated heterocycles. The minimum Gasteiger partial charge on any atom is -0.464 e. The van der Waals surface area contributed by atoms with Gasteiger partial charge in [0.15, 0.2) is 0 Å². The van der Waals surface area contributed by atoms with Crippen LogP contribution in [0.15, 0.2) is 0 Å². The Hall–Kier alpha value is -0.650. The van der Waals surface area contributed by atoms with Crippen molar-refractivity contribution in [3.63, 3.8) is 0 Å². The normalized spacial score (nSPS) is 10.5. The highest BCUT2D eigenvalue weighted by molar-refractivity contribution is 5.70. The smallest absolute Gasteiger partial charge is 0.332 e. The van der Waals surface area contributed by atoms with Crippen LogP contribution in [0.25, 0.3) is 0 Å². The van der Waals surface area contributed by atoms with E-state index in [4.69, 9.17) is 14.6 Å². The maximum Gasteiger partial charge on any atom is 0.332 e. The summed E-state index contributed by atoms with van der Waals surface area (Å²) in [5.74, 6) is -0.309. The Balaban J connectivity index is 3.01. The van der Waals surface area contributed by atoms with Gasteiger partial charge in [0.25, 0.3) is 0 Å². The highest BCUT2D eigenvalue weighted by Gasteiger charge is 1.99. The summed E-state index contributed by atoms with van der Waals surface area (Å²) in [5.41, 5.74) is 0. The lowest BCUT2D eigenvalue weighted by molar-refractivity contribution is -0.148. The number of nitrogens with one attached hydrogen (secondary N) is 1. The Morgan fingerprint density at radius 2 is 1.94 bits per heavy atom. The number of unbranched alkanes of at least 4 members (excludes halogenated alkanes) is 3. The first-order chi connectivity index (χ1) is 8.31. The molecule has 2 N–H and O–H groups in total. The number of carbonyl (C=O) groups is 1. The molecular weight excluding hydrogens is 222 g/mol. The Bertz CT molecular complexity index is 176. The van der Waals surface area contributed by atoms with Crippen LogP contribution in [-0.2, 0) is 14.3 Å². The number of aliphatic hydroxyl groups is 1. The maximum atomic E-state index is 10.9. The van der Waals surface area contributed by atoms with Crippen molar-refractivity contribution in [3.05, 3.63) is 0 Å². The lowest BCUT2D eigenvalue weighted by Gasteiger charge is -2.05. The number of esters is 1. The molecule has 0 aromatic rings. The molecule has 5 nitrogen and oxygen atoms in total. The first kappa shape index (κ1) is 16.4. The average Bonchev–Trinajstić information content (AvgIpc) is 2.32. The summed E-state index contributed by atoms with van der Waals surface area (Å²) in [5, 5.41) is 11.8. The molecule has 0 saturated carbocycles. The molecule has 0 aliphatic heterocycles. The van der Waals surface area contributed by atoms with Gasteiger partial charge in [-0.05, 0) is 26.3 Å². The molecule has 0 rings (SSSR count). The van der Waals surface area contributed by atoms with Crippen LogP contribution in [0.5, 0.6) is 0 Å². The maximum absolute atomic E-state index is 10.9. The third kappa shape index (κ3) is 13.3. The number of aliphatic hydroxyl groups excluding tert-OH is 1. The quantitative estimate of drug-likeness (QED) is 0.393. The minimum absolute atomic E-state index is 0.0337. The van der Waals surface area contributed by atoms with Crippen molar-refractivity contribution in [2.75, 3.05) is 39.5 Å². The van der Waals surface area contributed by atoms with Gasteiger partial charge in [-0.25, -0.2) is 4.79 Å². The van der Waals surface area contributed by atoms with Crippen LogP contribution in [0.4, 0.5) is 0 Å². The van der Waals surface area contributed by atoms with Crippen LogP contribution >= 0.6 is 0 Å². The van der Waals surface area contributed by atoms with Gasteiger partial charge in [0, 0.05) is 13.2 Å². The second-order valence-corrected chi connectivity index (χ2v) is 3.75. The van der Waals surface area contributed by atoms with E-state index < -0.39 is 0 Å². The largest absolute Gasteiger partial charge is 0.464 e. The molecule has 17 heavy (non-hydrogen) atoms. The zero-order valence-electron chi connectivity index (χ0n) is 10.7. The molecule has 5 heteroatoms. The minimum atomic E-state index is -0.309. The van der Waals surface area contributed by atoms with Crippen molar-refractivity contribution in [3.8, 4) is 0 Å². The topological polar surface area (TPSA) is 67.8 Å². The zero-order chi connectivity index (χ0) is 12.8. The van der Waals surface area contributed by atoms with Crippen molar-refractivity contribution in [1.29, 1.82) is 0 Å². The van der Waals surface area contributed by atoms with Crippen molar-refractivity contribution in [2.45, 2.75) is 32.6 Å². The fourth-order valence-electron chi connectivity index (χ4n) is 1.34. The summed E-state index contributed by atoms with van der Waals surface area (Å²) < 4.78 is 9.84. The summed E-state index contributed by atoms with van der Waals surface area (Å²) >= 11 is 0. The number of rotatable bonds is 12. The number of carbonyl (C=O) groups excluding carboxylic acids is 1. The summed E-state index contributed by atoms with van der Waals surface area (Å²) in [4.78, 5) is 10.9. The van der Waals surface area contributed by atoms with Crippen LogP contribution in [-0.4, -0.2) is 50.6 Å². The molecule has 0 spiro atoms. The van der Waals surface area contributed by atoms with Crippen molar-refractivity contribution in [2.24, 2.45) is 0 Å². The molecule has 0 amide bonds. The predicted octanol–water partition coefficient (Wildman–Crippen LogP) is 0.708. The standard InChI is InChI=1S/C12H25NO4/c1-2-17-12(15)11-16-10-8-13-7-5-3-4-6-9-14/h13-14H,2-11H2,1H3. The van der Waals surface area contributed by atoms with Gasteiger partial charge < -0.3 is 19.9 Å². The molecule has 0 heterocycles. The van der Waals surface area contributed by atoms with Crippen LogP contribution in [0.2, 0.25) is 0 Å². The van der Waals surface area contributed by atoms with E-state index in [2.05, 4.69) is 5.32 Å². The third-order valence-corrected chi connectivity index (χ3v) is 2.21. The van der Waals surface area contributed by atoms with E-state index in [1.165, 1.54) is 0 Å². The second kappa shape index (κ2) is 13.4. The number of ether oxygens (including phenoxy) is 2. The molecule has 0 aromatic carbocycles. The average molecular weight is 247 g/mol. The Kier molecular flexibility index (Phi) is 12.9. The lowest BCUT2D eigenvalue weighted by atomic mass is 10.2. The second-order valence-electron chi connectivity index (χ2n) is 3.75. The van der Waals surface area contributed by atoms with E-state index in [9.17, 15) is 4.79 Å². The molecule has 0 fully saturated rings. The summed E-state index contributed by atoms with van der Waals surface area (Å²) in [7, 11) is 0. The van der Waals surface area contributed by atoms with Gasteiger partial charge in [-0.15, -0.1) is 0 Å². The van der Waals surface area contributed by atoms with Gasteiger partial charge in [-0.3, -0.25) is 0 Å². The van der Waals surface area contributed by atoms with Gasteiger partial charge in [-0.2, -0.15) is 0 Å². The molecule has 0 radical (unpaired) electrons. The first-order valence-corrected chi connectivity index (χ1v) is 6.36. The van der Waals surface area contributed by atoms with Gasteiger partial charge >= 0.3 is 5.97 Å². The molecule has 0 aliphatic carbocycles. The van der Waals surface area contributed by atoms with Crippen LogP contribution < -0.4 is 5.32 Å². The first-order valence-electron chi connectivity index (χ1n) is 6.36. The van der Waals surface area contributed by atoms with Gasteiger partial charge in [0.2, 0.25) is 0 Å². The Labute approximate surface area is 103 Å². The van der Waals surface area contributed by atoms with Crippen LogP contribution in [0, 0.1) is 0 Å². The number of hydrogen-bond donors (Lipinski definition) is 2. The summed E-state index contributed by atoms with van der Waals surface area (Å²) in [6.07, 6.45) is 4.22. The highest BCUT2D eigenvalue weighted by Crippen LogP contribution is 1.97. The summed E-state index contributed by atoms with van der Waals surface area (Å²) in [6, 6.07) is 0. The highest BCUT2D eigenvalue weighted by atomic mass is 16.6. The van der Waals surface area contributed by atoms with Crippen molar-refractivity contribution >= 4 is 5.97 Å². The van der Waals surface area contributed by atoms with Crippen LogP contribution in [0.1, 0.15) is 32.6 Å². The fourth-order valence-corrected chi connectivity index (χ4v) is 1.34. The third-order valence-electron chi connectivity index (χ3n) is 2.21. The van der Waals surface area contributed by atoms with E-state index in [1.54, 1.807) is 6.92 Å². The van der Waals surface area contributed by atoms with E-state index >= 15 is 0 Å². The number of hydrogen-bond acceptors (Lipinski definition) is 5. The monoisotopic (exact) mass is 247 g/mol. The molecule has 0 atom stereocenters. The van der Waals surface area contributed by atoms with Gasteiger partial charge in [0.1, 0.15) is 6.61 Å². The van der Waals surface area contributed by atoms with Crippen molar-refractivity contribution < 1.29 is 19.4 Å². The molecule has 0 aliphatic rings. The van der Waals surface area contributed by atoms with E-state index in [0.717, 1.165) is 38.8 Å². The molecule has 0 unspecified atom stereocenters. The van der Waals surface area contributed by atoms with E-state index in [0.29, 0.717) is 13.2 Å². The zero-order valence-corrected chi connectivity index (χ0v) is 10.7. The molecule has 0 bridgehead atoms. The lowest BCUT2D eigenvalue weighted by Crippen LogP contribution is -2.23. The predicted molar refractivity (Wildman–Crippen MR) is 65.9 cm³/mol. The van der Waals surface area contributed by atoms with E-state index in [1.807, 2.05) is 0 Å². The van der Waals surface area contributed by atoms with Gasteiger partial charge in [-0.1, -0.05) is 12.8 Å². The fraction of sp³-hybridized carbons (Fsp3) is 0.917. The SMILES string of the molecule is CCOC(=O)COCCNCCCCCCO. The Morgan fingerprint density at radius 3 is 2.65 bits per heavy atom. The molecule has 102 valence electrons. The molecule has 0 aromatic heterocycles. The molecular formula is C12H25NO4. The van der Waals surface area contributed by atoms with Crippen molar-refractivity contribution in [1.82, 2.24) is 5.32 Å². The van der Waals surface area contributed by atoms with Crippen LogP contribution in [0.3, 0.4) is 0 Å². The van der Waals surface area contributed by atoms with Gasteiger partial charge in [0.05, 0.1) is 13.2 Å². The Morgan fingerprint density at radius 1 is 1.18 bits per heavy atom. The van der Waals surface area contributed by atoms with E-state index in [-0.39, 0.29) is 19.2 Å². The summed E-state index contributed by atoms with van der Waals surface area (Å²) in [6.45, 7) is 4.72.